The number of hydrogen-bond acceptors (Lipinski definition) is 1. The molecule has 0 heterocycles. The standard InChI is InChI=1S/C13H21N/c1-3-5-11-14-13(4-2)12-9-7-6-8-10-12/h6-10,13-14H,3-5,11H2,1-2H3. The van der Waals surface area contributed by atoms with Gasteiger partial charge in [-0.3, -0.25) is 0 Å². The molecule has 1 rings (SSSR count). The summed E-state index contributed by atoms with van der Waals surface area (Å²) in [4.78, 5) is 0. The molecule has 1 aromatic rings. The Morgan fingerprint density at radius 3 is 2.43 bits per heavy atom. The molecule has 0 saturated carbocycles. The molecule has 1 aromatic carbocycles. The SMILES string of the molecule is CCCCNC(CC)c1ccccc1. The minimum Gasteiger partial charge on any atom is -0.310 e. The number of unbranched alkanes of at least 4 members (excludes halogenated alkanes) is 1. The third kappa shape index (κ3) is 3.51. The highest BCUT2D eigenvalue weighted by atomic mass is 14.9. The summed E-state index contributed by atoms with van der Waals surface area (Å²) in [6, 6.07) is 11.2. The van der Waals surface area contributed by atoms with Gasteiger partial charge in [-0.15, -0.1) is 0 Å². The second kappa shape index (κ2) is 6.61. The first-order chi connectivity index (χ1) is 6.88. The van der Waals surface area contributed by atoms with Crippen LogP contribution in [0.25, 0.3) is 0 Å². The second-order valence-corrected chi connectivity index (χ2v) is 3.68. The Balaban J connectivity index is 2.46. The first kappa shape index (κ1) is 11.3. The summed E-state index contributed by atoms with van der Waals surface area (Å²) in [6.07, 6.45) is 3.69. The molecular weight excluding hydrogens is 170 g/mol. The lowest BCUT2D eigenvalue weighted by molar-refractivity contribution is 0.508. The van der Waals surface area contributed by atoms with Gasteiger partial charge in [0.15, 0.2) is 0 Å². The zero-order chi connectivity index (χ0) is 10.2. The maximum atomic E-state index is 3.59. The zero-order valence-corrected chi connectivity index (χ0v) is 9.29. The molecule has 0 bridgehead atoms. The van der Waals surface area contributed by atoms with Crippen LogP contribution in [0, 0.1) is 0 Å². The highest BCUT2D eigenvalue weighted by Gasteiger charge is 2.06. The van der Waals surface area contributed by atoms with Crippen LogP contribution >= 0.6 is 0 Å². The number of nitrogens with one attached hydrogen (secondary N) is 1. The molecule has 1 atom stereocenters. The molecule has 0 aromatic heterocycles. The molecule has 1 heteroatoms. The first-order valence-corrected chi connectivity index (χ1v) is 5.66. The Morgan fingerprint density at radius 2 is 1.86 bits per heavy atom. The van der Waals surface area contributed by atoms with Crippen LogP contribution in [0.15, 0.2) is 30.3 Å². The Bertz CT molecular complexity index is 230. The summed E-state index contributed by atoms with van der Waals surface area (Å²) in [5, 5.41) is 3.59. The molecule has 1 N–H and O–H groups in total. The van der Waals surface area contributed by atoms with Crippen LogP contribution in [-0.4, -0.2) is 6.54 Å². The van der Waals surface area contributed by atoms with Crippen molar-refractivity contribution in [1.29, 1.82) is 0 Å². The van der Waals surface area contributed by atoms with Gasteiger partial charge in [0.1, 0.15) is 0 Å². The fraction of sp³-hybridized carbons (Fsp3) is 0.538. The smallest absolute Gasteiger partial charge is 0.0317 e. The molecule has 0 fully saturated rings. The minimum absolute atomic E-state index is 0.530. The summed E-state index contributed by atoms with van der Waals surface area (Å²) in [5.74, 6) is 0. The predicted octanol–water partition coefficient (Wildman–Crippen LogP) is 3.53. The predicted molar refractivity (Wildman–Crippen MR) is 62.4 cm³/mol. The van der Waals surface area contributed by atoms with E-state index in [0.717, 1.165) is 13.0 Å². The first-order valence-electron chi connectivity index (χ1n) is 5.66. The van der Waals surface area contributed by atoms with E-state index in [2.05, 4.69) is 49.5 Å². The molecule has 0 saturated heterocycles. The fourth-order valence-electron chi connectivity index (χ4n) is 1.64. The quantitative estimate of drug-likeness (QED) is 0.678. The molecule has 1 unspecified atom stereocenters. The van der Waals surface area contributed by atoms with Crippen molar-refractivity contribution in [2.45, 2.75) is 39.2 Å². The van der Waals surface area contributed by atoms with Gasteiger partial charge >= 0.3 is 0 Å². The van der Waals surface area contributed by atoms with Crippen molar-refractivity contribution in [3.8, 4) is 0 Å². The molecule has 1 nitrogen and oxygen atoms in total. The summed E-state index contributed by atoms with van der Waals surface area (Å²) in [6.45, 7) is 5.59. The lowest BCUT2D eigenvalue weighted by atomic mass is 10.0. The van der Waals surface area contributed by atoms with E-state index in [4.69, 9.17) is 0 Å². The molecule has 0 amide bonds. The number of benzene rings is 1. The van der Waals surface area contributed by atoms with Gasteiger partial charge in [-0.05, 0) is 24.9 Å². The maximum Gasteiger partial charge on any atom is 0.0317 e. The molecule has 78 valence electrons. The second-order valence-electron chi connectivity index (χ2n) is 3.68. The van der Waals surface area contributed by atoms with Crippen molar-refractivity contribution in [1.82, 2.24) is 5.32 Å². The maximum absolute atomic E-state index is 3.59. The Hall–Kier alpha value is -0.820. The van der Waals surface area contributed by atoms with Crippen LogP contribution < -0.4 is 5.32 Å². The van der Waals surface area contributed by atoms with Crippen LogP contribution in [0.1, 0.15) is 44.7 Å². The Labute approximate surface area is 87.5 Å². The molecule has 0 aliphatic heterocycles. The molecular formula is C13H21N. The normalized spacial score (nSPS) is 12.7. The summed E-state index contributed by atoms with van der Waals surface area (Å²) in [5.41, 5.74) is 1.41. The highest BCUT2D eigenvalue weighted by molar-refractivity contribution is 5.18. The van der Waals surface area contributed by atoms with Gasteiger partial charge in [0.25, 0.3) is 0 Å². The summed E-state index contributed by atoms with van der Waals surface area (Å²) in [7, 11) is 0. The summed E-state index contributed by atoms with van der Waals surface area (Å²) >= 11 is 0. The van der Waals surface area contributed by atoms with Crippen LogP contribution in [0.2, 0.25) is 0 Å². The molecule has 14 heavy (non-hydrogen) atoms. The van der Waals surface area contributed by atoms with Gasteiger partial charge in [0.2, 0.25) is 0 Å². The Morgan fingerprint density at radius 1 is 1.14 bits per heavy atom. The van der Waals surface area contributed by atoms with Crippen LogP contribution in [0.5, 0.6) is 0 Å². The lowest BCUT2D eigenvalue weighted by Crippen LogP contribution is -2.21. The van der Waals surface area contributed by atoms with E-state index in [1.165, 1.54) is 18.4 Å². The average molecular weight is 191 g/mol. The van der Waals surface area contributed by atoms with Crippen LogP contribution in [0.3, 0.4) is 0 Å². The van der Waals surface area contributed by atoms with Crippen LogP contribution in [0.4, 0.5) is 0 Å². The van der Waals surface area contributed by atoms with Gasteiger partial charge in [0.05, 0.1) is 0 Å². The number of hydrogen-bond donors (Lipinski definition) is 1. The largest absolute Gasteiger partial charge is 0.310 e. The Kier molecular flexibility index (Phi) is 5.31. The van der Waals surface area contributed by atoms with Gasteiger partial charge in [-0.1, -0.05) is 50.6 Å². The topological polar surface area (TPSA) is 12.0 Å². The van der Waals surface area contributed by atoms with E-state index in [0.29, 0.717) is 6.04 Å². The van der Waals surface area contributed by atoms with Gasteiger partial charge in [-0.2, -0.15) is 0 Å². The van der Waals surface area contributed by atoms with E-state index in [-0.39, 0.29) is 0 Å². The summed E-state index contributed by atoms with van der Waals surface area (Å²) < 4.78 is 0. The third-order valence-corrected chi connectivity index (χ3v) is 2.53. The van der Waals surface area contributed by atoms with Crippen molar-refractivity contribution in [2.75, 3.05) is 6.54 Å². The highest BCUT2D eigenvalue weighted by Crippen LogP contribution is 2.15. The molecule has 0 aliphatic rings. The van der Waals surface area contributed by atoms with E-state index >= 15 is 0 Å². The fourth-order valence-corrected chi connectivity index (χ4v) is 1.64. The zero-order valence-electron chi connectivity index (χ0n) is 9.29. The van der Waals surface area contributed by atoms with E-state index in [1.807, 2.05) is 0 Å². The van der Waals surface area contributed by atoms with Gasteiger partial charge in [-0.25, -0.2) is 0 Å². The van der Waals surface area contributed by atoms with Crippen molar-refractivity contribution < 1.29 is 0 Å². The average Bonchev–Trinajstić information content (AvgIpc) is 2.26. The molecule has 0 spiro atoms. The van der Waals surface area contributed by atoms with Crippen molar-refractivity contribution in [3.63, 3.8) is 0 Å². The van der Waals surface area contributed by atoms with Crippen molar-refractivity contribution in [3.05, 3.63) is 35.9 Å². The van der Waals surface area contributed by atoms with Crippen molar-refractivity contribution >= 4 is 0 Å². The van der Waals surface area contributed by atoms with E-state index < -0.39 is 0 Å². The van der Waals surface area contributed by atoms with Gasteiger partial charge < -0.3 is 5.32 Å². The molecule has 0 aliphatic carbocycles. The van der Waals surface area contributed by atoms with Crippen LogP contribution in [-0.2, 0) is 0 Å². The lowest BCUT2D eigenvalue weighted by Gasteiger charge is -2.16. The number of rotatable bonds is 6. The van der Waals surface area contributed by atoms with E-state index in [9.17, 15) is 0 Å². The van der Waals surface area contributed by atoms with E-state index in [1.54, 1.807) is 0 Å². The third-order valence-electron chi connectivity index (χ3n) is 2.53. The monoisotopic (exact) mass is 191 g/mol. The molecule has 0 radical (unpaired) electrons. The van der Waals surface area contributed by atoms with Crippen molar-refractivity contribution in [2.24, 2.45) is 0 Å². The van der Waals surface area contributed by atoms with Gasteiger partial charge in [0, 0.05) is 6.04 Å². The minimum atomic E-state index is 0.530.